The van der Waals surface area contributed by atoms with E-state index < -0.39 is 11.5 Å². The Labute approximate surface area is 128 Å². The zero-order valence-corrected chi connectivity index (χ0v) is 12.1. The molecule has 1 aromatic rings. The predicted octanol–water partition coefficient (Wildman–Crippen LogP) is 3.05. The first kappa shape index (κ1) is 14.0. The number of carbonyl (C=O) groups is 1. The van der Waals surface area contributed by atoms with Gasteiger partial charge in [-0.15, -0.1) is 0 Å². The number of hydrogen-bond acceptors (Lipinski definition) is 3. The summed E-state index contributed by atoms with van der Waals surface area (Å²) in [5.74, 6) is 0.108. The fourth-order valence-corrected chi connectivity index (χ4v) is 2.39. The molecule has 1 atom stereocenters. The topological polar surface area (TPSA) is 58.6 Å². The van der Waals surface area contributed by atoms with E-state index in [1.807, 2.05) is 0 Å². The molecule has 0 amide bonds. The number of benzene rings is 1. The van der Waals surface area contributed by atoms with Crippen LogP contribution < -0.4 is 5.32 Å². The van der Waals surface area contributed by atoms with Crippen molar-refractivity contribution in [1.82, 2.24) is 5.32 Å². The zero-order valence-electron chi connectivity index (χ0n) is 11.4. The zero-order chi connectivity index (χ0) is 14.9. The molecule has 4 nitrogen and oxygen atoms in total. The molecule has 21 heavy (non-hydrogen) atoms. The van der Waals surface area contributed by atoms with Crippen molar-refractivity contribution in [3.05, 3.63) is 59.0 Å². The summed E-state index contributed by atoms with van der Waals surface area (Å²) in [7, 11) is 0. The maximum atomic E-state index is 11.8. The van der Waals surface area contributed by atoms with Crippen LogP contribution in [-0.2, 0) is 15.1 Å². The first-order valence-electron chi connectivity index (χ1n) is 6.90. The number of dihydropyridines is 1. The third kappa shape index (κ3) is 2.90. The van der Waals surface area contributed by atoms with E-state index in [1.54, 1.807) is 42.5 Å². The van der Waals surface area contributed by atoms with E-state index in [-0.39, 0.29) is 0 Å². The molecular weight excluding hydrogens is 290 g/mol. The van der Waals surface area contributed by atoms with Crippen LogP contribution in [0, 0.1) is 5.92 Å². The van der Waals surface area contributed by atoms with Crippen LogP contribution >= 0.6 is 11.6 Å². The number of ether oxygens (including phenoxy) is 1. The Morgan fingerprint density at radius 3 is 2.71 bits per heavy atom. The summed E-state index contributed by atoms with van der Waals surface area (Å²) >= 11 is 5.87. The molecule has 1 fully saturated rings. The molecule has 1 saturated carbocycles. The van der Waals surface area contributed by atoms with Crippen LogP contribution in [0.25, 0.3) is 0 Å². The van der Waals surface area contributed by atoms with Gasteiger partial charge in [0.15, 0.2) is 11.4 Å². The number of rotatable bonds is 5. The fraction of sp³-hybridized carbons (Fsp3) is 0.312. The van der Waals surface area contributed by atoms with Gasteiger partial charge in [0.1, 0.15) is 0 Å². The Morgan fingerprint density at radius 1 is 1.38 bits per heavy atom. The normalized spacial score (nSPS) is 24.1. The molecule has 1 unspecified atom stereocenters. The minimum Gasteiger partial charge on any atom is -0.479 e. The number of allylic oxidation sites excluding steroid dienone is 2. The summed E-state index contributed by atoms with van der Waals surface area (Å²) in [6, 6.07) is 6.77. The molecule has 1 aromatic carbocycles. The number of carboxylic acids is 1. The lowest BCUT2D eigenvalue weighted by atomic mass is 9.88. The minimum absolute atomic E-state index is 0.488. The van der Waals surface area contributed by atoms with E-state index in [2.05, 4.69) is 5.32 Å². The molecule has 1 heterocycles. The maximum Gasteiger partial charge on any atom is 0.338 e. The Hall–Kier alpha value is -1.94. The second-order valence-corrected chi connectivity index (χ2v) is 5.83. The van der Waals surface area contributed by atoms with E-state index in [0.717, 1.165) is 0 Å². The van der Waals surface area contributed by atoms with Crippen molar-refractivity contribution in [3.8, 4) is 0 Å². The van der Waals surface area contributed by atoms with Gasteiger partial charge < -0.3 is 15.2 Å². The van der Waals surface area contributed by atoms with Crippen LogP contribution in [0.5, 0.6) is 0 Å². The summed E-state index contributed by atoms with van der Waals surface area (Å²) < 4.78 is 5.67. The monoisotopic (exact) mass is 305 g/mol. The molecule has 110 valence electrons. The van der Waals surface area contributed by atoms with Crippen molar-refractivity contribution < 1.29 is 14.6 Å². The van der Waals surface area contributed by atoms with Gasteiger partial charge in [-0.1, -0.05) is 29.8 Å². The Morgan fingerprint density at radius 2 is 2.10 bits per heavy atom. The lowest BCUT2D eigenvalue weighted by Gasteiger charge is -2.32. The quantitative estimate of drug-likeness (QED) is 0.878. The van der Waals surface area contributed by atoms with Crippen molar-refractivity contribution in [2.75, 3.05) is 6.61 Å². The third-order valence-corrected chi connectivity index (χ3v) is 3.97. The molecule has 1 aliphatic heterocycles. The highest BCUT2D eigenvalue weighted by Crippen LogP contribution is 2.32. The van der Waals surface area contributed by atoms with Crippen LogP contribution in [-0.4, -0.2) is 17.7 Å². The number of hydrogen-bond donors (Lipinski definition) is 2. The van der Waals surface area contributed by atoms with Crippen LogP contribution in [0.4, 0.5) is 0 Å². The number of aliphatic carboxylic acids is 1. The molecule has 5 heteroatoms. The van der Waals surface area contributed by atoms with Crippen molar-refractivity contribution in [2.24, 2.45) is 5.92 Å². The second-order valence-electron chi connectivity index (χ2n) is 5.39. The van der Waals surface area contributed by atoms with Crippen LogP contribution in [0.2, 0.25) is 5.02 Å². The Bertz CT molecular complexity index is 604. The molecule has 1 aliphatic carbocycles. The third-order valence-electron chi connectivity index (χ3n) is 3.72. The number of nitrogens with one attached hydrogen (secondary N) is 1. The molecular formula is C16H16ClNO3. The van der Waals surface area contributed by atoms with Gasteiger partial charge in [-0.05, 0) is 48.6 Å². The van der Waals surface area contributed by atoms with Gasteiger partial charge in [-0.25, -0.2) is 4.79 Å². The van der Waals surface area contributed by atoms with Crippen molar-refractivity contribution in [2.45, 2.75) is 18.4 Å². The summed E-state index contributed by atoms with van der Waals surface area (Å²) in [6.07, 6.45) is 7.44. The average molecular weight is 306 g/mol. The summed E-state index contributed by atoms with van der Waals surface area (Å²) in [4.78, 5) is 11.8. The number of halogens is 1. The second kappa shape index (κ2) is 5.45. The van der Waals surface area contributed by atoms with Gasteiger partial charge in [-0.3, -0.25) is 0 Å². The lowest BCUT2D eigenvalue weighted by molar-refractivity contribution is -0.143. The van der Waals surface area contributed by atoms with Gasteiger partial charge in [0, 0.05) is 5.02 Å². The highest BCUT2D eigenvalue weighted by molar-refractivity contribution is 6.30. The van der Waals surface area contributed by atoms with Crippen LogP contribution in [0.15, 0.2) is 48.4 Å². The van der Waals surface area contributed by atoms with Crippen LogP contribution in [0.1, 0.15) is 18.4 Å². The smallest absolute Gasteiger partial charge is 0.338 e. The Balaban J connectivity index is 1.84. The molecule has 2 aliphatic rings. The summed E-state index contributed by atoms with van der Waals surface area (Å²) in [6.45, 7) is 0.628. The standard InChI is InChI=1S/C16H16ClNO3/c17-13-7-5-12(6-8-13)16(15(19)20)9-1-2-14(18-16)21-10-11-3-4-11/h1-2,5-9,11,18H,3-4,10H2,(H,19,20). The molecule has 0 spiro atoms. The highest BCUT2D eigenvalue weighted by atomic mass is 35.5. The average Bonchev–Trinajstić information content (AvgIpc) is 3.30. The van der Waals surface area contributed by atoms with E-state index in [9.17, 15) is 9.90 Å². The van der Waals surface area contributed by atoms with E-state index >= 15 is 0 Å². The molecule has 0 bridgehead atoms. The molecule has 2 N–H and O–H groups in total. The SMILES string of the molecule is O=C(O)C1(c2ccc(Cl)cc2)C=CC=C(OCC2CC2)N1. The van der Waals surface area contributed by atoms with Crippen LogP contribution in [0.3, 0.4) is 0 Å². The van der Waals surface area contributed by atoms with Crippen molar-refractivity contribution >= 4 is 17.6 Å². The van der Waals surface area contributed by atoms with Gasteiger partial charge >= 0.3 is 5.97 Å². The van der Waals surface area contributed by atoms with Gasteiger partial charge in [0.2, 0.25) is 0 Å². The first-order valence-corrected chi connectivity index (χ1v) is 7.28. The maximum absolute atomic E-state index is 11.8. The van der Waals surface area contributed by atoms with E-state index in [4.69, 9.17) is 16.3 Å². The van der Waals surface area contributed by atoms with Crippen molar-refractivity contribution in [3.63, 3.8) is 0 Å². The largest absolute Gasteiger partial charge is 0.479 e. The Kier molecular flexibility index (Phi) is 3.64. The summed E-state index contributed by atoms with van der Waals surface area (Å²) in [5, 5.41) is 13.3. The molecule has 0 saturated heterocycles. The predicted molar refractivity (Wildman–Crippen MR) is 79.8 cm³/mol. The van der Waals surface area contributed by atoms with E-state index in [0.29, 0.717) is 29.0 Å². The fourth-order valence-electron chi connectivity index (χ4n) is 2.26. The minimum atomic E-state index is -1.32. The van der Waals surface area contributed by atoms with Crippen molar-refractivity contribution in [1.29, 1.82) is 0 Å². The van der Waals surface area contributed by atoms with Gasteiger partial charge in [-0.2, -0.15) is 0 Å². The van der Waals surface area contributed by atoms with E-state index in [1.165, 1.54) is 12.8 Å². The van der Waals surface area contributed by atoms with Gasteiger partial charge in [0.05, 0.1) is 6.61 Å². The highest BCUT2D eigenvalue weighted by Gasteiger charge is 2.40. The first-order chi connectivity index (χ1) is 10.1. The molecule has 0 aromatic heterocycles. The number of carboxylic acid groups (broad SMARTS) is 1. The lowest BCUT2D eigenvalue weighted by Crippen LogP contribution is -2.48. The molecule has 0 radical (unpaired) electrons. The van der Waals surface area contributed by atoms with Gasteiger partial charge in [0.25, 0.3) is 0 Å². The molecule has 3 rings (SSSR count). The summed E-state index contributed by atoms with van der Waals surface area (Å²) in [5.41, 5.74) is -0.714.